The van der Waals surface area contributed by atoms with E-state index in [0.29, 0.717) is 30.5 Å². The molecule has 1 aliphatic heterocycles. The highest BCUT2D eigenvalue weighted by Gasteiger charge is 2.32. The topological polar surface area (TPSA) is 66.7 Å². The number of benzene rings is 1. The molecule has 0 radical (unpaired) electrons. The van der Waals surface area contributed by atoms with Gasteiger partial charge < -0.3 is 10.2 Å². The van der Waals surface area contributed by atoms with Gasteiger partial charge in [0.05, 0.1) is 17.3 Å². The van der Waals surface area contributed by atoms with Crippen molar-refractivity contribution in [1.29, 1.82) is 0 Å². The van der Waals surface area contributed by atoms with Crippen LogP contribution in [0.3, 0.4) is 0 Å². The number of Topliss-reactive ketones (excluding diaryl/α,β-unsaturated/α-hetero) is 1. The number of alkyl halides is 3. The molecule has 0 bridgehead atoms. The minimum atomic E-state index is -4.49. The number of carbonyl (C=O) groups is 2. The van der Waals surface area contributed by atoms with E-state index in [-0.39, 0.29) is 17.4 Å². The third-order valence-corrected chi connectivity index (χ3v) is 8.81. The first-order valence-electron chi connectivity index (χ1n) is 13.1. The summed E-state index contributed by atoms with van der Waals surface area (Å²) in [6.45, 7) is 1.89. The molecule has 0 saturated carbocycles. The summed E-state index contributed by atoms with van der Waals surface area (Å²) in [5, 5.41) is 4.33. The van der Waals surface area contributed by atoms with E-state index in [1.165, 1.54) is 29.0 Å². The van der Waals surface area contributed by atoms with Crippen LogP contribution in [0.5, 0.6) is 0 Å². The minimum Gasteiger partial charge on any atom is -0.322 e. The van der Waals surface area contributed by atoms with Gasteiger partial charge in [-0.15, -0.1) is 11.3 Å². The number of rotatable bonds is 5. The highest BCUT2D eigenvalue weighted by molar-refractivity contribution is 7.10. The van der Waals surface area contributed by atoms with E-state index >= 15 is 0 Å². The van der Waals surface area contributed by atoms with Gasteiger partial charge in [0.1, 0.15) is 11.3 Å². The van der Waals surface area contributed by atoms with E-state index in [2.05, 4.69) is 34.4 Å². The van der Waals surface area contributed by atoms with Crippen molar-refractivity contribution in [3.8, 4) is 0 Å². The molecule has 0 saturated heterocycles. The van der Waals surface area contributed by atoms with Gasteiger partial charge in [-0.25, -0.2) is 4.98 Å². The van der Waals surface area contributed by atoms with E-state index in [0.717, 1.165) is 53.3 Å². The number of thiophene rings is 1. The number of amides is 1. The Kier molecular flexibility index (Phi) is 6.83. The molecule has 2 aliphatic rings. The highest BCUT2D eigenvalue weighted by atomic mass is 32.1. The number of likely N-dealkylation sites (N-methyl/N-ethyl adjacent to an activating group) is 1. The fourth-order valence-electron chi connectivity index (χ4n) is 5.49. The molecule has 1 unspecified atom stereocenters. The summed E-state index contributed by atoms with van der Waals surface area (Å²) in [5.74, 6) is -0.660. The van der Waals surface area contributed by atoms with Crippen LogP contribution in [0.1, 0.15) is 55.3 Å². The summed E-state index contributed by atoms with van der Waals surface area (Å²) in [4.78, 5) is 34.3. The molecule has 1 aromatic carbocycles. The number of aromatic nitrogens is 2. The van der Waals surface area contributed by atoms with Crippen molar-refractivity contribution in [3.05, 3.63) is 93.1 Å². The molecule has 3 aromatic heterocycles. The van der Waals surface area contributed by atoms with Crippen LogP contribution < -0.4 is 5.32 Å². The third kappa shape index (κ3) is 5.09. The molecular formula is C30H27F3N4O2S. The molecule has 6 rings (SSSR count). The lowest BCUT2D eigenvalue weighted by Gasteiger charge is -2.23. The average molecular weight is 565 g/mol. The number of pyridine rings is 1. The Hall–Kier alpha value is -3.76. The van der Waals surface area contributed by atoms with Crippen molar-refractivity contribution >= 4 is 39.9 Å². The molecule has 0 fully saturated rings. The van der Waals surface area contributed by atoms with Gasteiger partial charge >= 0.3 is 6.18 Å². The summed E-state index contributed by atoms with van der Waals surface area (Å²) in [7, 11) is 2.10. The first-order valence-corrected chi connectivity index (χ1v) is 14.0. The number of fused-ring (bicyclic) bond motifs is 2. The molecule has 40 heavy (non-hydrogen) atoms. The fourth-order valence-corrected chi connectivity index (χ4v) is 6.65. The second-order valence-electron chi connectivity index (χ2n) is 10.4. The van der Waals surface area contributed by atoms with E-state index < -0.39 is 17.6 Å². The Balaban J connectivity index is 1.19. The SMILES string of the molecule is CN1CC=C(c2ccc3ncc(C(=O)C4CCc5c(C(=O)Nc6cccc(C(F)(F)F)c6)csc5C4)n3c2)CC1. The number of anilines is 1. The second kappa shape index (κ2) is 10.3. The average Bonchev–Trinajstić information content (AvgIpc) is 3.56. The maximum atomic E-state index is 13.7. The smallest absolute Gasteiger partial charge is 0.322 e. The van der Waals surface area contributed by atoms with E-state index in [9.17, 15) is 22.8 Å². The Morgan fingerprint density at radius 1 is 1.15 bits per heavy atom. The maximum absolute atomic E-state index is 13.7. The zero-order valence-corrected chi connectivity index (χ0v) is 22.6. The largest absolute Gasteiger partial charge is 0.416 e. The van der Waals surface area contributed by atoms with Gasteiger partial charge in [0, 0.05) is 41.1 Å². The zero-order valence-electron chi connectivity index (χ0n) is 21.8. The van der Waals surface area contributed by atoms with Crippen LogP contribution >= 0.6 is 11.3 Å². The van der Waals surface area contributed by atoms with Crippen molar-refractivity contribution in [1.82, 2.24) is 14.3 Å². The van der Waals surface area contributed by atoms with Gasteiger partial charge in [0.25, 0.3) is 5.91 Å². The van der Waals surface area contributed by atoms with Gasteiger partial charge in [-0.1, -0.05) is 12.1 Å². The normalized spacial score (nSPS) is 17.9. The van der Waals surface area contributed by atoms with Crippen LogP contribution in [0.25, 0.3) is 11.2 Å². The Morgan fingerprint density at radius 3 is 2.77 bits per heavy atom. The number of ketones is 1. The first-order chi connectivity index (χ1) is 19.2. The van der Waals surface area contributed by atoms with Crippen molar-refractivity contribution in [2.75, 3.05) is 25.5 Å². The van der Waals surface area contributed by atoms with Crippen LogP contribution in [0, 0.1) is 5.92 Å². The van der Waals surface area contributed by atoms with Crippen molar-refractivity contribution < 1.29 is 22.8 Å². The van der Waals surface area contributed by atoms with Crippen molar-refractivity contribution in [3.63, 3.8) is 0 Å². The standard InChI is InChI=1S/C30H27F3N4O2S/c1-36-11-9-18(10-12-36)20-6-8-27-34-15-25(37(27)16-20)28(38)19-5-7-23-24(17-40-26(23)13-19)29(39)35-22-4-2-3-21(14-22)30(31,32)33/h2-4,6,8-9,14-17,19H,5,7,10-13H2,1H3,(H,35,39). The number of nitrogens with zero attached hydrogens (tertiary/aromatic N) is 3. The monoisotopic (exact) mass is 564 g/mol. The maximum Gasteiger partial charge on any atom is 0.416 e. The van der Waals surface area contributed by atoms with Gasteiger partial charge in [-0.3, -0.25) is 14.0 Å². The lowest BCUT2D eigenvalue weighted by Crippen LogP contribution is -2.24. The number of imidazole rings is 1. The molecule has 0 spiro atoms. The van der Waals surface area contributed by atoms with Gasteiger partial charge in [-0.2, -0.15) is 13.2 Å². The summed E-state index contributed by atoms with van der Waals surface area (Å²) >= 11 is 1.41. The Bertz CT molecular complexity index is 1650. The number of hydrogen-bond donors (Lipinski definition) is 1. The van der Waals surface area contributed by atoms with Gasteiger partial charge in [-0.05, 0) is 79.8 Å². The van der Waals surface area contributed by atoms with E-state index in [1.807, 2.05) is 16.7 Å². The quantitative estimate of drug-likeness (QED) is 0.286. The second-order valence-corrected chi connectivity index (χ2v) is 11.4. The summed E-state index contributed by atoms with van der Waals surface area (Å²) in [5.41, 5.74) is 4.23. The molecule has 1 amide bonds. The molecule has 4 heterocycles. The molecule has 206 valence electrons. The molecule has 1 aliphatic carbocycles. The number of halogens is 3. The number of nitrogens with one attached hydrogen (secondary N) is 1. The predicted octanol–water partition coefficient (Wildman–Crippen LogP) is 6.37. The van der Waals surface area contributed by atoms with Crippen LogP contribution in [-0.2, 0) is 19.0 Å². The minimum absolute atomic E-state index is 0.0241. The molecule has 1 atom stereocenters. The Labute approximate surface area is 233 Å². The van der Waals surface area contributed by atoms with Gasteiger partial charge in [0.2, 0.25) is 0 Å². The lowest BCUT2D eigenvalue weighted by atomic mass is 9.84. The molecule has 4 aromatic rings. The lowest BCUT2D eigenvalue weighted by molar-refractivity contribution is -0.137. The van der Waals surface area contributed by atoms with Crippen LogP contribution in [0.2, 0.25) is 0 Å². The summed E-state index contributed by atoms with van der Waals surface area (Å²) in [6, 6.07) is 8.60. The third-order valence-electron chi connectivity index (χ3n) is 7.76. The molecule has 1 N–H and O–H groups in total. The van der Waals surface area contributed by atoms with Crippen molar-refractivity contribution in [2.45, 2.75) is 31.9 Å². The van der Waals surface area contributed by atoms with Crippen LogP contribution in [0.4, 0.5) is 18.9 Å². The number of carbonyl (C=O) groups excluding carboxylic acids is 2. The number of hydrogen-bond acceptors (Lipinski definition) is 5. The summed E-state index contributed by atoms with van der Waals surface area (Å²) < 4.78 is 41.1. The summed E-state index contributed by atoms with van der Waals surface area (Å²) in [6.07, 6.45) is 3.97. The highest BCUT2D eigenvalue weighted by Crippen LogP contribution is 2.36. The molecule has 10 heteroatoms. The van der Waals surface area contributed by atoms with Crippen LogP contribution in [0.15, 0.2) is 60.2 Å². The fraction of sp³-hybridized carbons (Fsp3) is 0.300. The zero-order chi connectivity index (χ0) is 28.0. The van der Waals surface area contributed by atoms with Crippen molar-refractivity contribution in [2.24, 2.45) is 5.92 Å². The van der Waals surface area contributed by atoms with E-state index in [1.54, 1.807) is 11.6 Å². The van der Waals surface area contributed by atoms with Gasteiger partial charge in [0.15, 0.2) is 5.78 Å². The molecule has 6 nitrogen and oxygen atoms in total. The van der Waals surface area contributed by atoms with E-state index in [4.69, 9.17) is 0 Å². The first kappa shape index (κ1) is 26.5. The Morgan fingerprint density at radius 2 is 2.00 bits per heavy atom. The van der Waals surface area contributed by atoms with Crippen LogP contribution in [-0.4, -0.2) is 46.1 Å². The molecular weight excluding hydrogens is 537 g/mol. The predicted molar refractivity (Wildman–Crippen MR) is 149 cm³/mol.